The molecule has 0 N–H and O–H groups in total. The van der Waals surface area contributed by atoms with Crippen molar-refractivity contribution in [3.05, 3.63) is 119 Å². The Bertz CT molecular complexity index is 3120. The van der Waals surface area contributed by atoms with Gasteiger partial charge in [-0.2, -0.15) is 0 Å². The van der Waals surface area contributed by atoms with Crippen molar-refractivity contribution in [2.45, 2.75) is 110 Å². The van der Waals surface area contributed by atoms with Gasteiger partial charge in [0.2, 0.25) is 0 Å². The molecular weight excluding hydrogens is 707 g/mol. The highest BCUT2D eigenvalue weighted by atomic mass is 16.3. The van der Waals surface area contributed by atoms with Crippen LogP contribution in [0.4, 0.5) is 22.7 Å². The predicted molar refractivity (Wildman–Crippen MR) is 245 cm³/mol. The summed E-state index contributed by atoms with van der Waals surface area (Å²) in [5.74, 6) is 0. The third kappa shape index (κ3) is 4.18. The summed E-state index contributed by atoms with van der Waals surface area (Å²) in [6, 6.07) is 36.8. The molecule has 288 valence electrons. The number of hydrogen-bond donors (Lipinski definition) is 0. The molecule has 4 nitrogen and oxygen atoms in total. The first-order chi connectivity index (χ1) is 27.7. The van der Waals surface area contributed by atoms with E-state index in [4.69, 9.17) is 8.83 Å². The molecule has 2 unspecified atom stereocenters. The molecule has 1 saturated carbocycles. The van der Waals surface area contributed by atoms with Gasteiger partial charge in [-0.1, -0.05) is 122 Å². The van der Waals surface area contributed by atoms with E-state index >= 15 is 0 Å². The third-order valence-electron chi connectivity index (χ3n) is 15.2. The van der Waals surface area contributed by atoms with Gasteiger partial charge < -0.3 is 18.5 Å². The Kier molecular flexibility index (Phi) is 6.56. The second-order valence-electron chi connectivity index (χ2n) is 20.5. The first kappa shape index (κ1) is 34.6. The van der Waals surface area contributed by atoms with E-state index in [1.807, 2.05) is 0 Å². The molecule has 3 aliphatic heterocycles. The van der Waals surface area contributed by atoms with Crippen LogP contribution in [0, 0.1) is 6.92 Å². The fourth-order valence-corrected chi connectivity index (χ4v) is 11.9. The zero-order chi connectivity index (χ0) is 39.8. The van der Waals surface area contributed by atoms with Gasteiger partial charge in [0.05, 0.1) is 11.2 Å². The number of para-hydroxylation sites is 2. The zero-order valence-electron chi connectivity index (χ0n) is 35.4. The standard InChI is InChI=1S/C53H51BN2O2/c1-30-16-10-12-18-39(30)56-47-35(22-21-33-36-26-31(50(2,3)4)20-23-42(36)58-49(33)47)45-44-34-17-11-13-19-41(34)57-43(44)29-40-46(45)54(56)38-28-32(51(5,6)7)27-37-48(38)55(40)53(9)25-15-14-24-52(37,53)8/h10-13,16-23,26-29H,14-15,24-25H2,1-9H3. The normalized spacial score (nSPS) is 20.9. The quantitative estimate of drug-likeness (QED) is 0.156. The molecule has 0 radical (unpaired) electrons. The molecule has 5 heterocycles. The van der Waals surface area contributed by atoms with Crippen molar-refractivity contribution in [2.75, 3.05) is 9.71 Å². The number of nitrogens with zero attached hydrogens (tertiary/aromatic N) is 2. The minimum absolute atomic E-state index is 0.0132. The van der Waals surface area contributed by atoms with E-state index in [1.165, 1.54) is 91.4 Å². The number of furan rings is 2. The monoisotopic (exact) mass is 758 g/mol. The van der Waals surface area contributed by atoms with Crippen molar-refractivity contribution in [1.29, 1.82) is 0 Å². The smallest absolute Gasteiger partial charge is 0.333 e. The molecule has 2 aromatic heterocycles. The maximum Gasteiger partial charge on any atom is 0.333 e. The zero-order valence-corrected chi connectivity index (χ0v) is 35.4. The molecule has 12 rings (SSSR count). The van der Waals surface area contributed by atoms with Crippen LogP contribution < -0.4 is 20.6 Å². The Hall–Kier alpha value is -5.42. The molecule has 8 aromatic rings. The lowest BCUT2D eigenvalue weighted by Gasteiger charge is -2.53. The van der Waals surface area contributed by atoms with Crippen molar-refractivity contribution in [2.24, 2.45) is 0 Å². The van der Waals surface area contributed by atoms with E-state index in [9.17, 15) is 0 Å². The molecule has 0 bridgehead atoms. The summed E-state index contributed by atoms with van der Waals surface area (Å²) in [5.41, 5.74) is 19.4. The van der Waals surface area contributed by atoms with Gasteiger partial charge in [-0.05, 0) is 107 Å². The van der Waals surface area contributed by atoms with Crippen LogP contribution in [0.15, 0.2) is 106 Å². The summed E-state index contributed by atoms with van der Waals surface area (Å²) in [6.45, 7) is 21.4. The van der Waals surface area contributed by atoms with E-state index in [2.05, 4.69) is 169 Å². The first-order valence-electron chi connectivity index (χ1n) is 21.5. The molecule has 0 amide bonds. The van der Waals surface area contributed by atoms with Crippen molar-refractivity contribution >= 4 is 84.4 Å². The summed E-state index contributed by atoms with van der Waals surface area (Å²) in [7, 11) is 0. The Balaban J connectivity index is 1.31. The molecular formula is C53H51BN2O2. The van der Waals surface area contributed by atoms with E-state index < -0.39 is 0 Å². The molecule has 5 heteroatoms. The second-order valence-corrected chi connectivity index (χ2v) is 20.5. The Morgan fingerprint density at radius 2 is 1.38 bits per heavy atom. The van der Waals surface area contributed by atoms with Crippen molar-refractivity contribution in [3.63, 3.8) is 0 Å². The maximum absolute atomic E-state index is 7.20. The molecule has 0 spiro atoms. The van der Waals surface area contributed by atoms with E-state index in [0.717, 1.165) is 45.2 Å². The van der Waals surface area contributed by atoms with Gasteiger partial charge in [-0.3, -0.25) is 0 Å². The summed E-state index contributed by atoms with van der Waals surface area (Å²) in [5, 5.41) is 4.68. The maximum atomic E-state index is 7.20. The van der Waals surface area contributed by atoms with E-state index in [-0.39, 0.29) is 28.6 Å². The van der Waals surface area contributed by atoms with Crippen LogP contribution in [-0.4, -0.2) is 12.4 Å². The van der Waals surface area contributed by atoms with Crippen LogP contribution >= 0.6 is 0 Å². The largest absolute Gasteiger partial charge is 0.456 e. The summed E-state index contributed by atoms with van der Waals surface area (Å²) < 4.78 is 14.1. The lowest BCUT2D eigenvalue weighted by Crippen LogP contribution is -2.64. The highest BCUT2D eigenvalue weighted by molar-refractivity contribution is 6.94. The molecule has 58 heavy (non-hydrogen) atoms. The molecule has 1 aliphatic carbocycles. The fourth-order valence-electron chi connectivity index (χ4n) is 11.9. The van der Waals surface area contributed by atoms with Crippen molar-refractivity contribution in [3.8, 4) is 11.1 Å². The van der Waals surface area contributed by atoms with Gasteiger partial charge in [0, 0.05) is 55.7 Å². The van der Waals surface area contributed by atoms with Crippen molar-refractivity contribution < 1.29 is 8.83 Å². The minimum Gasteiger partial charge on any atom is -0.456 e. The van der Waals surface area contributed by atoms with E-state index in [0.29, 0.717) is 0 Å². The summed E-state index contributed by atoms with van der Waals surface area (Å²) in [6.07, 6.45) is 4.81. The second kappa shape index (κ2) is 11.0. The van der Waals surface area contributed by atoms with Crippen LogP contribution in [0.25, 0.3) is 55.0 Å². The van der Waals surface area contributed by atoms with Crippen LogP contribution in [0.2, 0.25) is 0 Å². The number of benzene rings is 6. The molecule has 0 saturated heterocycles. The lowest BCUT2D eigenvalue weighted by molar-refractivity contribution is 0.195. The van der Waals surface area contributed by atoms with Gasteiger partial charge >= 0.3 is 6.85 Å². The van der Waals surface area contributed by atoms with Crippen LogP contribution in [0.3, 0.4) is 0 Å². The Morgan fingerprint density at radius 3 is 2.17 bits per heavy atom. The molecule has 4 aliphatic rings. The Morgan fingerprint density at radius 1 is 0.638 bits per heavy atom. The highest BCUT2D eigenvalue weighted by Gasteiger charge is 2.62. The highest BCUT2D eigenvalue weighted by Crippen LogP contribution is 2.63. The third-order valence-corrected chi connectivity index (χ3v) is 15.2. The lowest BCUT2D eigenvalue weighted by atomic mass is 9.42. The molecule has 1 fully saturated rings. The van der Waals surface area contributed by atoms with Gasteiger partial charge in [-0.25, -0.2) is 0 Å². The van der Waals surface area contributed by atoms with Gasteiger partial charge in [0.25, 0.3) is 0 Å². The minimum atomic E-state index is -0.111. The number of hydrogen-bond acceptors (Lipinski definition) is 4. The van der Waals surface area contributed by atoms with Crippen molar-refractivity contribution in [1.82, 2.24) is 0 Å². The van der Waals surface area contributed by atoms with Crippen LogP contribution in [0.1, 0.15) is 103 Å². The predicted octanol–water partition coefficient (Wildman–Crippen LogP) is 13.4. The van der Waals surface area contributed by atoms with Crippen LogP contribution in [0.5, 0.6) is 0 Å². The van der Waals surface area contributed by atoms with Crippen LogP contribution in [-0.2, 0) is 16.2 Å². The molecule has 6 aromatic carbocycles. The summed E-state index contributed by atoms with van der Waals surface area (Å²) >= 11 is 0. The number of aryl methyl sites for hydroxylation is 1. The van der Waals surface area contributed by atoms with Gasteiger partial charge in [-0.15, -0.1) is 0 Å². The SMILES string of the molecule is Cc1ccccc1N1B2c3cc(C(C)(C)C)cc4c3N(c3cc5oc6ccccc6c5c(c32)-c2ccc3c(oc5ccc(C(C)(C)C)cc53)c21)C1(C)CCCCC41C. The van der Waals surface area contributed by atoms with E-state index in [1.54, 1.807) is 0 Å². The summed E-state index contributed by atoms with van der Waals surface area (Å²) in [4.78, 5) is 5.51. The number of fused-ring (bicyclic) bond motifs is 15. The van der Waals surface area contributed by atoms with Gasteiger partial charge in [0.1, 0.15) is 16.7 Å². The molecule has 2 atom stereocenters. The first-order valence-corrected chi connectivity index (χ1v) is 21.5. The van der Waals surface area contributed by atoms with Gasteiger partial charge in [0.15, 0.2) is 5.58 Å². The topological polar surface area (TPSA) is 32.8 Å². The Labute approximate surface area is 341 Å². The average molecular weight is 759 g/mol. The average Bonchev–Trinajstić information content (AvgIpc) is 3.82. The number of rotatable bonds is 1. The number of anilines is 4. The fraction of sp³-hybridized carbons (Fsp3) is 0.321.